The molecule has 0 unspecified atom stereocenters. The van der Waals surface area contributed by atoms with Crippen LogP contribution in [0.1, 0.15) is 21.6 Å². The van der Waals surface area contributed by atoms with Crippen molar-refractivity contribution in [2.45, 2.75) is 13.5 Å². The molecule has 3 rings (SSSR count). The molecule has 0 aliphatic carbocycles. The lowest BCUT2D eigenvalue weighted by Gasteiger charge is -2.03. The minimum atomic E-state index is -0.219. The van der Waals surface area contributed by atoms with Crippen molar-refractivity contribution in [2.75, 3.05) is 5.32 Å². The number of hydrogen-bond donors (Lipinski definition) is 1. The number of carbonyl (C=O) groups excluding carboxylic acids is 1. The Labute approximate surface area is 138 Å². The zero-order valence-corrected chi connectivity index (χ0v) is 13.6. The predicted octanol–water partition coefficient (Wildman–Crippen LogP) is 2.88. The molecule has 0 bridgehead atoms. The van der Waals surface area contributed by atoms with Crippen LogP contribution in [-0.2, 0) is 13.6 Å². The van der Waals surface area contributed by atoms with Crippen LogP contribution in [0.2, 0.25) is 5.02 Å². The maximum Gasteiger partial charge on any atom is 0.260 e. The van der Waals surface area contributed by atoms with Crippen molar-refractivity contribution >= 4 is 23.3 Å². The number of nitrogens with zero attached hydrogens (tertiary/aromatic N) is 4. The van der Waals surface area contributed by atoms with E-state index < -0.39 is 0 Å². The van der Waals surface area contributed by atoms with E-state index in [-0.39, 0.29) is 5.91 Å². The maximum absolute atomic E-state index is 12.2. The fourth-order valence-corrected chi connectivity index (χ4v) is 2.46. The van der Waals surface area contributed by atoms with E-state index in [0.29, 0.717) is 22.9 Å². The monoisotopic (exact) mass is 329 g/mol. The molecule has 0 fully saturated rings. The minimum absolute atomic E-state index is 0.219. The number of amides is 1. The van der Waals surface area contributed by atoms with Gasteiger partial charge in [0.05, 0.1) is 18.3 Å². The standard InChI is InChI=1S/C16H16ClN5O/c1-11-14(9-18-21(11)2)16(23)19-15-6-7-22(20-15)10-12-4-3-5-13(17)8-12/h3-9H,10H2,1-2H3,(H,19,20,23). The third-order valence-electron chi connectivity index (χ3n) is 3.60. The van der Waals surface area contributed by atoms with Gasteiger partial charge in [-0.15, -0.1) is 0 Å². The van der Waals surface area contributed by atoms with Gasteiger partial charge >= 0.3 is 0 Å². The van der Waals surface area contributed by atoms with Gasteiger partial charge in [-0.05, 0) is 24.6 Å². The number of benzene rings is 1. The van der Waals surface area contributed by atoms with Gasteiger partial charge in [-0.25, -0.2) is 0 Å². The molecule has 2 heterocycles. The third-order valence-corrected chi connectivity index (χ3v) is 3.83. The quantitative estimate of drug-likeness (QED) is 0.800. The molecule has 0 atom stereocenters. The van der Waals surface area contributed by atoms with Crippen molar-refractivity contribution in [3.05, 3.63) is 64.6 Å². The average molecular weight is 330 g/mol. The van der Waals surface area contributed by atoms with E-state index in [2.05, 4.69) is 15.5 Å². The Kier molecular flexibility index (Phi) is 4.16. The molecule has 1 amide bonds. The molecular weight excluding hydrogens is 314 g/mol. The van der Waals surface area contributed by atoms with Gasteiger partial charge in [0.25, 0.3) is 5.91 Å². The Bertz CT molecular complexity index is 852. The molecule has 1 N–H and O–H groups in total. The molecular formula is C16H16ClN5O. The molecule has 0 saturated heterocycles. The topological polar surface area (TPSA) is 64.7 Å². The summed E-state index contributed by atoms with van der Waals surface area (Å²) in [6.45, 7) is 2.43. The zero-order valence-electron chi connectivity index (χ0n) is 12.8. The summed E-state index contributed by atoms with van der Waals surface area (Å²) in [6, 6.07) is 9.35. The molecule has 23 heavy (non-hydrogen) atoms. The first kappa shape index (κ1) is 15.3. The summed E-state index contributed by atoms with van der Waals surface area (Å²) < 4.78 is 3.41. The summed E-state index contributed by atoms with van der Waals surface area (Å²) in [5.41, 5.74) is 2.39. The van der Waals surface area contributed by atoms with Crippen molar-refractivity contribution < 1.29 is 4.79 Å². The molecule has 6 nitrogen and oxygen atoms in total. The third kappa shape index (κ3) is 3.43. The van der Waals surface area contributed by atoms with E-state index in [1.807, 2.05) is 37.4 Å². The number of halogens is 1. The van der Waals surface area contributed by atoms with Crippen LogP contribution in [0.15, 0.2) is 42.7 Å². The molecule has 0 aliphatic heterocycles. The largest absolute Gasteiger partial charge is 0.305 e. The number of anilines is 1. The number of hydrogen-bond acceptors (Lipinski definition) is 3. The second-order valence-corrected chi connectivity index (χ2v) is 5.69. The van der Waals surface area contributed by atoms with Gasteiger partial charge in [0, 0.05) is 30.0 Å². The van der Waals surface area contributed by atoms with E-state index in [9.17, 15) is 4.79 Å². The Hall–Kier alpha value is -2.60. The van der Waals surface area contributed by atoms with Crippen LogP contribution < -0.4 is 5.32 Å². The van der Waals surface area contributed by atoms with Crippen molar-refractivity contribution in [1.29, 1.82) is 0 Å². The molecule has 1 aromatic carbocycles. The van der Waals surface area contributed by atoms with Crippen LogP contribution in [0.25, 0.3) is 0 Å². The van der Waals surface area contributed by atoms with Crippen molar-refractivity contribution in [3.63, 3.8) is 0 Å². The van der Waals surface area contributed by atoms with Gasteiger partial charge in [0.2, 0.25) is 0 Å². The van der Waals surface area contributed by atoms with Gasteiger partial charge in [-0.1, -0.05) is 23.7 Å². The Morgan fingerprint density at radius 1 is 1.35 bits per heavy atom. The summed E-state index contributed by atoms with van der Waals surface area (Å²) in [5, 5.41) is 11.9. The molecule has 0 spiro atoms. The highest BCUT2D eigenvalue weighted by Crippen LogP contribution is 2.13. The second kappa shape index (κ2) is 6.26. The SMILES string of the molecule is Cc1c(C(=O)Nc2ccn(Cc3cccc(Cl)c3)n2)cnn1C. The molecule has 7 heteroatoms. The van der Waals surface area contributed by atoms with Gasteiger partial charge < -0.3 is 5.32 Å². The lowest BCUT2D eigenvalue weighted by molar-refractivity contribution is 0.102. The lowest BCUT2D eigenvalue weighted by Crippen LogP contribution is -2.13. The predicted molar refractivity (Wildman–Crippen MR) is 88.7 cm³/mol. The summed E-state index contributed by atoms with van der Waals surface area (Å²) in [4.78, 5) is 12.2. The number of carbonyl (C=O) groups is 1. The van der Waals surface area contributed by atoms with Crippen LogP contribution in [0.3, 0.4) is 0 Å². The highest BCUT2D eigenvalue weighted by molar-refractivity contribution is 6.30. The van der Waals surface area contributed by atoms with Crippen LogP contribution in [-0.4, -0.2) is 25.5 Å². The first-order valence-corrected chi connectivity index (χ1v) is 7.48. The molecule has 0 saturated carbocycles. The molecule has 0 radical (unpaired) electrons. The highest BCUT2D eigenvalue weighted by Gasteiger charge is 2.14. The van der Waals surface area contributed by atoms with Gasteiger partial charge in [0.15, 0.2) is 5.82 Å². The normalized spacial score (nSPS) is 10.7. The van der Waals surface area contributed by atoms with Gasteiger partial charge in [-0.3, -0.25) is 14.2 Å². The van der Waals surface area contributed by atoms with Crippen molar-refractivity contribution in [1.82, 2.24) is 19.6 Å². The average Bonchev–Trinajstić information content (AvgIpc) is 3.07. The fourth-order valence-electron chi connectivity index (χ4n) is 2.24. The minimum Gasteiger partial charge on any atom is -0.305 e. The number of nitrogens with one attached hydrogen (secondary N) is 1. The Morgan fingerprint density at radius 3 is 2.87 bits per heavy atom. The van der Waals surface area contributed by atoms with E-state index in [1.165, 1.54) is 0 Å². The van der Waals surface area contributed by atoms with E-state index in [1.54, 1.807) is 28.7 Å². The van der Waals surface area contributed by atoms with Crippen LogP contribution in [0, 0.1) is 6.92 Å². The van der Waals surface area contributed by atoms with Crippen LogP contribution in [0.5, 0.6) is 0 Å². The Balaban J connectivity index is 1.70. The second-order valence-electron chi connectivity index (χ2n) is 5.25. The van der Waals surface area contributed by atoms with Crippen molar-refractivity contribution in [3.8, 4) is 0 Å². The number of aromatic nitrogens is 4. The first-order chi connectivity index (χ1) is 11.0. The van der Waals surface area contributed by atoms with Gasteiger partial charge in [-0.2, -0.15) is 10.2 Å². The number of aryl methyl sites for hydroxylation is 1. The smallest absolute Gasteiger partial charge is 0.260 e. The maximum atomic E-state index is 12.2. The fraction of sp³-hybridized carbons (Fsp3) is 0.188. The summed E-state index contributed by atoms with van der Waals surface area (Å²) in [6.07, 6.45) is 3.36. The summed E-state index contributed by atoms with van der Waals surface area (Å²) in [7, 11) is 1.80. The molecule has 2 aromatic heterocycles. The lowest BCUT2D eigenvalue weighted by atomic mass is 10.2. The molecule has 118 valence electrons. The van der Waals surface area contributed by atoms with E-state index in [4.69, 9.17) is 11.6 Å². The summed E-state index contributed by atoms with van der Waals surface area (Å²) in [5.74, 6) is 0.281. The van der Waals surface area contributed by atoms with Gasteiger partial charge in [0.1, 0.15) is 0 Å². The first-order valence-electron chi connectivity index (χ1n) is 7.11. The van der Waals surface area contributed by atoms with E-state index >= 15 is 0 Å². The summed E-state index contributed by atoms with van der Waals surface area (Å²) >= 11 is 5.98. The molecule has 0 aliphatic rings. The highest BCUT2D eigenvalue weighted by atomic mass is 35.5. The van der Waals surface area contributed by atoms with Crippen LogP contribution >= 0.6 is 11.6 Å². The Morgan fingerprint density at radius 2 is 2.17 bits per heavy atom. The van der Waals surface area contributed by atoms with Crippen LogP contribution in [0.4, 0.5) is 5.82 Å². The molecule has 3 aromatic rings. The number of rotatable bonds is 4. The van der Waals surface area contributed by atoms with Crippen molar-refractivity contribution in [2.24, 2.45) is 7.05 Å². The zero-order chi connectivity index (χ0) is 16.4. The van der Waals surface area contributed by atoms with E-state index in [0.717, 1.165) is 11.3 Å².